The first-order chi connectivity index (χ1) is 12.7. The number of hydrogen-bond acceptors (Lipinski definition) is 5. The molecule has 0 bridgehead atoms. The zero-order valence-electron chi connectivity index (χ0n) is 15.1. The predicted molar refractivity (Wildman–Crippen MR) is 101 cm³/mol. The summed E-state index contributed by atoms with van der Waals surface area (Å²) in [5.74, 6) is -0.768. The van der Waals surface area contributed by atoms with E-state index in [9.17, 15) is 13.2 Å². The summed E-state index contributed by atoms with van der Waals surface area (Å²) in [6, 6.07) is 6.97. The standard InChI is InChI=1S/C18H23BrFNO5S/c1-25-16(22)18(8-12-26-13-9-18)27(23,24)21-10-6-17(20,7-11-21)14-2-4-15(19)5-3-14/h2-5H,6-13H2,1H3. The highest BCUT2D eigenvalue weighted by atomic mass is 79.9. The number of piperidine rings is 1. The molecule has 0 amide bonds. The zero-order valence-corrected chi connectivity index (χ0v) is 17.5. The average molecular weight is 464 g/mol. The minimum absolute atomic E-state index is 0.0223. The monoisotopic (exact) mass is 463 g/mol. The molecule has 0 saturated carbocycles. The van der Waals surface area contributed by atoms with Crippen LogP contribution in [-0.2, 0) is 30.0 Å². The van der Waals surface area contributed by atoms with Crippen LogP contribution in [0.2, 0.25) is 0 Å². The maximum absolute atomic E-state index is 15.4. The van der Waals surface area contributed by atoms with Crippen molar-refractivity contribution >= 4 is 31.9 Å². The van der Waals surface area contributed by atoms with Crippen molar-refractivity contribution in [3.8, 4) is 0 Å². The highest BCUT2D eigenvalue weighted by molar-refractivity contribution is 9.10. The number of ether oxygens (including phenoxy) is 2. The van der Waals surface area contributed by atoms with E-state index in [1.165, 1.54) is 11.4 Å². The molecule has 150 valence electrons. The molecule has 2 saturated heterocycles. The highest BCUT2D eigenvalue weighted by Gasteiger charge is 2.56. The molecule has 9 heteroatoms. The van der Waals surface area contributed by atoms with Crippen LogP contribution in [0.4, 0.5) is 4.39 Å². The summed E-state index contributed by atoms with van der Waals surface area (Å²) >= 11 is 3.33. The maximum Gasteiger partial charge on any atom is 0.328 e. The van der Waals surface area contributed by atoms with Crippen molar-refractivity contribution in [3.63, 3.8) is 0 Å². The Hall–Kier alpha value is -1.03. The van der Waals surface area contributed by atoms with Crippen molar-refractivity contribution in [1.82, 2.24) is 4.31 Å². The lowest BCUT2D eigenvalue weighted by atomic mass is 9.87. The van der Waals surface area contributed by atoms with Gasteiger partial charge < -0.3 is 9.47 Å². The molecule has 0 atom stereocenters. The summed E-state index contributed by atoms with van der Waals surface area (Å²) in [4.78, 5) is 12.4. The third kappa shape index (κ3) is 3.66. The number of nitrogens with zero attached hydrogens (tertiary/aromatic N) is 1. The van der Waals surface area contributed by atoms with Crippen molar-refractivity contribution < 1.29 is 27.1 Å². The fourth-order valence-electron chi connectivity index (χ4n) is 3.82. The second-order valence-corrected chi connectivity index (χ2v) is 10.1. The van der Waals surface area contributed by atoms with E-state index in [4.69, 9.17) is 9.47 Å². The number of sulfonamides is 1. The first kappa shape index (κ1) is 20.7. The molecule has 2 aliphatic rings. The third-order valence-corrected chi connectivity index (χ3v) is 8.70. The Morgan fingerprint density at radius 1 is 1.15 bits per heavy atom. The number of benzene rings is 1. The van der Waals surface area contributed by atoms with E-state index in [0.717, 1.165) is 4.47 Å². The Bertz CT molecular complexity index is 784. The Morgan fingerprint density at radius 2 is 1.70 bits per heavy atom. The van der Waals surface area contributed by atoms with Gasteiger partial charge in [0.05, 0.1) is 7.11 Å². The molecule has 6 nitrogen and oxygen atoms in total. The van der Waals surface area contributed by atoms with Gasteiger partial charge in [0.15, 0.2) is 4.75 Å². The average Bonchev–Trinajstić information content (AvgIpc) is 2.68. The highest BCUT2D eigenvalue weighted by Crippen LogP contribution is 2.41. The number of esters is 1. The quantitative estimate of drug-likeness (QED) is 0.641. The van der Waals surface area contributed by atoms with E-state index in [2.05, 4.69) is 15.9 Å². The molecule has 0 aromatic heterocycles. The molecule has 1 aromatic rings. The topological polar surface area (TPSA) is 72.9 Å². The number of carbonyl (C=O) groups excluding carboxylic acids is 1. The largest absolute Gasteiger partial charge is 0.468 e. The Kier molecular flexibility index (Phi) is 5.96. The van der Waals surface area contributed by atoms with E-state index in [-0.39, 0.29) is 52.0 Å². The lowest BCUT2D eigenvalue weighted by Gasteiger charge is -2.41. The lowest BCUT2D eigenvalue weighted by molar-refractivity contribution is -0.146. The molecule has 1 aromatic carbocycles. The predicted octanol–water partition coefficient (Wildman–Crippen LogP) is 2.76. The molecule has 3 rings (SSSR count). The van der Waals surface area contributed by atoms with Gasteiger partial charge in [0.2, 0.25) is 10.0 Å². The first-order valence-electron chi connectivity index (χ1n) is 8.86. The fourth-order valence-corrected chi connectivity index (χ4v) is 6.22. The van der Waals surface area contributed by atoms with Gasteiger partial charge in [-0.25, -0.2) is 17.1 Å². The van der Waals surface area contributed by atoms with E-state index < -0.39 is 26.4 Å². The van der Waals surface area contributed by atoms with Crippen molar-refractivity contribution in [3.05, 3.63) is 34.3 Å². The number of carbonyl (C=O) groups is 1. The summed E-state index contributed by atoms with van der Waals surface area (Å²) in [6.45, 7) is 0.394. The summed E-state index contributed by atoms with van der Waals surface area (Å²) in [6.07, 6.45) is 0.182. The smallest absolute Gasteiger partial charge is 0.328 e. The van der Waals surface area contributed by atoms with Crippen molar-refractivity contribution in [2.45, 2.75) is 36.1 Å². The first-order valence-corrected chi connectivity index (χ1v) is 11.1. The molecular formula is C18H23BrFNO5S. The third-order valence-electron chi connectivity index (χ3n) is 5.57. The van der Waals surface area contributed by atoms with Crippen LogP contribution in [0.25, 0.3) is 0 Å². The van der Waals surface area contributed by atoms with Crippen LogP contribution in [0.1, 0.15) is 31.2 Å². The molecule has 0 radical (unpaired) electrons. The summed E-state index contributed by atoms with van der Waals surface area (Å²) in [7, 11) is -2.81. The van der Waals surface area contributed by atoms with Crippen LogP contribution in [0.3, 0.4) is 0 Å². The Morgan fingerprint density at radius 3 is 2.22 bits per heavy atom. The molecule has 2 aliphatic heterocycles. The van der Waals surface area contributed by atoms with Crippen molar-refractivity contribution in [2.75, 3.05) is 33.4 Å². The van der Waals surface area contributed by atoms with Gasteiger partial charge in [0.1, 0.15) is 5.67 Å². The van der Waals surface area contributed by atoms with Crippen LogP contribution in [0.5, 0.6) is 0 Å². The second-order valence-electron chi connectivity index (χ2n) is 6.97. The van der Waals surface area contributed by atoms with E-state index >= 15 is 4.39 Å². The van der Waals surface area contributed by atoms with E-state index in [1.54, 1.807) is 24.3 Å². The lowest BCUT2D eigenvalue weighted by Crippen LogP contribution is -2.58. The van der Waals surface area contributed by atoms with E-state index in [0.29, 0.717) is 5.56 Å². The molecule has 0 N–H and O–H groups in total. The van der Waals surface area contributed by atoms with Gasteiger partial charge in [-0.1, -0.05) is 28.1 Å². The molecule has 0 aliphatic carbocycles. The minimum Gasteiger partial charge on any atom is -0.468 e. The maximum atomic E-state index is 15.4. The van der Waals surface area contributed by atoms with Gasteiger partial charge in [0.25, 0.3) is 0 Å². The number of methoxy groups -OCH3 is 1. The molecule has 0 unspecified atom stereocenters. The van der Waals surface area contributed by atoms with Gasteiger partial charge in [-0.3, -0.25) is 4.79 Å². The summed E-state index contributed by atoms with van der Waals surface area (Å²) in [5, 5.41) is 0. The van der Waals surface area contributed by atoms with Gasteiger partial charge in [-0.2, -0.15) is 0 Å². The summed E-state index contributed by atoms with van der Waals surface area (Å²) in [5.41, 5.74) is -1.04. The van der Waals surface area contributed by atoms with Crippen LogP contribution < -0.4 is 0 Å². The second kappa shape index (κ2) is 7.77. The van der Waals surface area contributed by atoms with Crippen LogP contribution in [-0.4, -0.2) is 56.9 Å². The van der Waals surface area contributed by atoms with Crippen LogP contribution in [0.15, 0.2) is 28.7 Å². The number of alkyl halides is 1. The Labute approximate surface area is 167 Å². The number of halogens is 2. The van der Waals surface area contributed by atoms with E-state index in [1.807, 2.05) is 0 Å². The molecule has 0 spiro atoms. The normalized spacial score (nSPS) is 22.9. The molecular weight excluding hydrogens is 441 g/mol. The zero-order chi connectivity index (χ0) is 19.7. The summed E-state index contributed by atoms with van der Waals surface area (Å²) < 4.78 is 52.5. The van der Waals surface area contributed by atoms with Crippen LogP contribution >= 0.6 is 15.9 Å². The van der Waals surface area contributed by atoms with Crippen molar-refractivity contribution in [2.24, 2.45) is 0 Å². The van der Waals surface area contributed by atoms with Gasteiger partial charge in [-0.15, -0.1) is 0 Å². The SMILES string of the molecule is COC(=O)C1(S(=O)(=O)N2CCC(F)(c3ccc(Br)cc3)CC2)CCOCC1. The molecule has 27 heavy (non-hydrogen) atoms. The number of hydrogen-bond donors (Lipinski definition) is 0. The Balaban J connectivity index is 1.81. The van der Waals surface area contributed by atoms with Gasteiger partial charge in [0, 0.05) is 43.6 Å². The molecule has 2 fully saturated rings. The van der Waals surface area contributed by atoms with Gasteiger partial charge in [-0.05, 0) is 30.5 Å². The fraction of sp³-hybridized carbons (Fsp3) is 0.611. The van der Waals surface area contributed by atoms with Crippen LogP contribution in [0, 0.1) is 0 Å². The minimum atomic E-state index is -3.99. The van der Waals surface area contributed by atoms with Gasteiger partial charge >= 0.3 is 5.97 Å². The number of rotatable bonds is 4. The molecule has 2 heterocycles. The van der Waals surface area contributed by atoms with Crippen molar-refractivity contribution in [1.29, 1.82) is 0 Å².